The Balaban J connectivity index is 1.69. The van der Waals surface area contributed by atoms with Gasteiger partial charge in [-0.05, 0) is 48.5 Å². The number of benzene rings is 2. The van der Waals surface area contributed by atoms with E-state index in [4.69, 9.17) is 9.47 Å². The van der Waals surface area contributed by atoms with E-state index in [2.05, 4.69) is 5.32 Å². The van der Waals surface area contributed by atoms with Gasteiger partial charge in [0, 0.05) is 19.0 Å². The highest BCUT2D eigenvalue weighted by molar-refractivity contribution is 5.92. The molecule has 0 bridgehead atoms. The van der Waals surface area contributed by atoms with Gasteiger partial charge in [-0.25, -0.2) is 9.18 Å². The Kier molecular flexibility index (Phi) is 6.31. The molecule has 1 amide bonds. The minimum Gasteiger partial charge on any atom is -0.493 e. The van der Waals surface area contributed by atoms with Crippen molar-refractivity contribution in [1.29, 1.82) is 0 Å². The number of halogens is 1. The highest BCUT2D eigenvalue weighted by atomic mass is 19.1. The predicted octanol–water partition coefficient (Wildman–Crippen LogP) is 3.41. The SMILES string of the molecule is CC(=O)Nc1ccc(C(=O)OCCCOc2ccc(F)cc2)cc1. The summed E-state index contributed by atoms with van der Waals surface area (Å²) in [6.45, 7) is 1.99. The van der Waals surface area contributed by atoms with Gasteiger partial charge in [0.25, 0.3) is 0 Å². The first-order valence-electron chi connectivity index (χ1n) is 7.48. The summed E-state index contributed by atoms with van der Waals surface area (Å²) in [4.78, 5) is 22.8. The standard InChI is InChI=1S/C18H18FNO4/c1-13(21)20-16-7-3-14(4-8-16)18(22)24-12-2-11-23-17-9-5-15(19)6-10-17/h3-10H,2,11-12H2,1H3,(H,20,21). The molecule has 0 saturated carbocycles. The molecule has 0 fully saturated rings. The molecular weight excluding hydrogens is 313 g/mol. The van der Waals surface area contributed by atoms with E-state index in [0.717, 1.165) is 0 Å². The molecule has 0 heterocycles. The van der Waals surface area contributed by atoms with Crippen molar-refractivity contribution in [2.75, 3.05) is 18.5 Å². The highest BCUT2D eigenvalue weighted by Crippen LogP contribution is 2.12. The Morgan fingerprint density at radius 3 is 2.29 bits per heavy atom. The molecule has 126 valence electrons. The third-order valence-corrected chi connectivity index (χ3v) is 3.05. The molecule has 0 radical (unpaired) electrons. The molecule has 2 aromatic carbocycles. The topological polar surface area (TPSA) is 64.6 Å². The van der Waals surface area contributed by atoms with Crippen LogP contribution in [0, 0.1) is 5.82 Å². The maximum absolute atomic E-state index is 12.7. The fourth-order valence-electron chi connectivity index (χ4n) is 1.92. The Hall–Kier alpha value is -2.89. The van der Waals surface area contributed by atoms with E-state index in [1.54, 1.807) is 24.3 Å². The van der Waals surface area contributed by atoms with Gasteiger partial charge in [-0.1, -0.05) is 0 Å². The van der Waals surface area contributed by atoms with Crippen LogP contribution < -0.4 is 10.1 Å². The number of anilines is 1. The van der Waals surface area contributed by atoms with Gasteiger partial charge >= 0.3 is 5.97 Å². The van der Waals surface area contributed by atoms with Gasteiger partial charge in [-0.3, -0.25) is 4.79 Å². The van der Waals surface area contributed by atoms with E-state index in [0.29, 0.717) is 30.0 Å². The largest absolute Gasteiger partial charge is 0.493 e. The lowest BCUT2D eigenvalue weighted by Gasteiger charge is -2.08. The van der Waals surface area contributed by atoms with Crippen molar-refractivity contribution in [3.8, 4) is 5.75 Å². The number of hydrogen-bond donors (Lipinski definition) is 1. The summed E-state index contributed by atoms with van der Waals surface area (Å²) in [5, 5.41) is 2.62. The van der Waals surface area contributed by atoms with E-state index in [9.17, 15) is 14.0 Å². The molecule has 24 heavy (non-hydrogen) atoms. The lowest BCUT2D eigenvalue weighted by Crippen LogP contribution is -2.10. The summed E-state index contributed by atoms with van der Waals surface area (Å²) in [6, 6.07) is 12.2. The van der Waals surface area contributed by atoms with Crippen LogP contribution in [-0.4, -0.2) is 25.1 Å². The smallest absolute Gasteiger partial charge is 0.338 e. The summed E-state index contributed by atoms with van der Waals surface area (Å²) in [7, 11) is 0. The molecule has 1 N–H and O–H groups in total. The fourth-order valence-corrected chi connectivity index (χ4v) is 1.92. The number of ether oxygens (including phenoxy) is 2. The Morgan fingerprint density at radius 1 is 1.00 bits per heavy atom. The number of carbonyl (C=O) groups is 2. The third kappa shape index (κ3) is 5.72. The molecule has 0 aliphatic rings. The van der Waals surface area contributed by atoms with Crippen molar-refractivity contribution in [1.82, 2.24) is 0 Å². The molecule has 5 nitrogen and oxygen atoms in total. The van der Waals surface area contributed by atoms with Crippen molar-refractivity contribution in [2.24, 2.45) is 0 Å². The van der Waals surface area contributed by atoms with Gasteiger partial charge in [0.05, 0.1) is 18.8 Å². The van der Waals surface area contributed by atoms with Crippen molar-refractivity contribution in [3.63, 3.8) is 0 Å². The maximum atomic E-state index is 12.7. The molecule has 0 atom stereocenters. The molecule has 0 aliphatic carbocycles. The second kappa shape index (κ2) is 8.67. The number of amides is 1. The molecule has 0 spiro atoms. The maximum Gasteiger partial charge on any atom is 0.338 e. The minimum atomic E-state index is -0.439. The predicted molar refractivity (Wildman–Crippen MR) is 87.5 cm³/mol. The number of esters is 1. The van der Waals surface area contributed by atoms with Crippen LogP contribution in [-0.2, 0) is 9.53 Å². The van der Waals surface area contributed by atoms with E-state index < -0.39 is 5.97 Å². The van der Waals surface area contributed by atoms with E-state index in [1.165, 1.54) is 31.2 Å². The Labute approximate surface area is 139 Å². The van der Waals surface area contributed by atoms with Crippen LogP contribution in [0.4, 0.5) is 10.1 Å². The first kappa shape index (κ1) is 17.5. The van der Waals surface area contributed by atoms with Crippen LogP contribution in [0.25, 0.3) is 0 Å². The van der Waals surface area contributed by atoms with Crippen LogP contribution in [0.5, 0.6) is 5.75 Å². The van der Waals surface area contributed by atoms with Gasteiger partial charge in [-0.2, -0.15) is 0 Å². The Bertz CT molecular complexity index is 683. The van der Waals surface area contributed by atoms with Crippen LogP contribution in [0.1, 0.15) is 23.7 Å². The van der Waals surface area contributed by atoms with Gasteiger partial charge < -0.3 is 14.8 Å². The first-order chi connectivity index (χ1) is 11.5. The Morgan fingerprint density at radius 2 is 1.67 bits per heavy atom. The van der Waals surface area contributed by atoms with E-state index >= 15 is 0 Å². The van der Waals surface area contributed by atoms with Gasteiger partial charge in [0.15, 0.2) is 0 Å². The van der Waals surface area contributed by atoms with Crippen LogP contribution in [0.2, 0.25) is 0 Å². The minimum absolute atomic E-state index is 0.175. The van der Waals surface area contributed by atoms with Crippen molar-refractivity contribution in [2.45, 2.75) is 13.3 Å². The zero-order chi connectivity index (χ0) is 17.4. The number of rotatable bonds is 7. The third-order valence-electron chi connectivity index (χ3n) is 3.05. The molecule has 0 aliphatic heterocycles. The zero-order valence-electron chi connectivity index (χ0n) is 13.3. The van der Waals surface area contributed by atoms with Gasteiger partial charge in [0.1, 0.15) is 11.6 Å². The molecule has 0 unspecified atom stereocenters. The summed E-state index contributed by atoms with van der Waals surface area (Å²) in [5.74, 6) is -0.366. The normalized spacial score (nSPS) is 10.1. The van der Waals surface area contributed by atoms with Crippen molar-refractivity contribution < 1.29 is 23.5 Å². The number of nitrogens with one attached hydrogen (secondary N) is 1. The molecule has 0 saturated heterocycles. The summed E-state index contributed by atoms with van der Waals surface area (Å²) in [6.07, 6.45) is 0.521. The summed E-state index contributed by atoms with van der Waals surface area (Å²) < 4.78 is 23.3. The van der Waals surface area contributed by atoms with Gasteiger partial charge in [0.2, 0.25) is 5.91 Å². The quantitative estimate of drug-likeness (QED) is 0.624. The number of carbonyl (C=O) groups excluding carboxylic acids is 2. The van der Waals surface area contributed by atoms with E-state index in [-0.39, 0.29) is 18.3 Å². The summed E-state index contributed by atoms with van der Waals surface area (Å²) in [5.41, 5.74) is 1.02. The van der Waals surface area contributed by atoms with Crippen LogP contribution in [0.15, 0.2) is 48.5 Å². The summed E-state index contributed by atoms with van der Waals surface area (Å²) >= 11 is 0. The number of hydrogen-bond acceptors (Lipinski definition) is 4. The lowest BCUT2D eigenvalue weighted by atomic mass is 10.2. The zero-order valence-corrected chi connectivity index (χ0v) is 13.3. The van der Waals surface area contributed by atoms with Crippen LogP contribution >= 0.6 is 0 Å². The second-order valence-corrected chi connectivity index (χ2v) is 5.05. The highest BCUT2D eigenvalue weighted by Gasteiger charge is 2.07. The average molecular weight is 331 g/mol. The lowest BCUT2D eigenvalue weighted by molar-refractivity contribution is -0.114. The van der Waals surface area contributed by atoms with Crippen LogP contribution in [0.3, 0.4) is 0 Å². The van der Waals surface area contributed by atoms with Gasteiger partial charge in [-0.15, -0.1) is 0 Å². The van der Waals surface area contributed by atoms with E-state index in [1.807, 2.05) is 0 Å². The van der Waals surface area contributed by atoms with Crippen molar-refractivity contribution >= 4 is 17.6 Å². The molecular formula is C18H18FNO4. The first-order valence-corrected chi connectivity index (χ1v) is 7.48. The molecule has 2 rings (SSSR count). The average Bonchev–Trinajstić information content (AvgIpc) is 2.56. The fraction of sp³-hybridized carbons (Fsp3) is 0.222. The second-order valence-electron chi connectivity index (χ2n) is 5.05. The molecule has 6 heteroatoms. The van der Waals surface area contributed by atoms with Crippen molar-refractivity contribution in [3.05, 3.63) is 59.9 Å². The monoisotopic (exact) mass is 331 g/mol. The molecule has 2 aromatic rings. The molecule has 0 aromatic heterocycles.